The van der Waals surface area contributed by atoms with Crippen molar-refractivity contribution in [1.29, 1.82) is 0 Å². The van der Waals surface area contributed by atoms with Gasteiger partial charge in [0.05, 0.1) is 0 Å². The minimum Gasteiger partial charge on any atom is -0.481 e. The number of aromatic nitrogens is 3. The van der Waals surface area contributed by atoms with Crippen LogP contribution in [0.1, 0.15) is 19.7 Å². The van der Waals surface area contributed by atoms with Gasteiger partial charge in [-0.15, -0.1) is 10.2 Å². The Hall–Kier alpha value is -1.59. The lowest BCUT2D eigenvalue weighted by Crippen LogP contribution is -2.11. The number of nitrogens with zero attached hydrogens (tertiary/aromatic N) is 3. The summed E-state index contributed by atoms with van der Waals surface area (Å²) in [4.78, 5) is 10.5. The van der Waals surface area contributed by atoms with E-state index in [-0.39, 0.29) is 6.42 Å². The van der Waals surface area contributed by atoms with Crippen molar-refractivity contribution in [3.8, 4) is 0 Å². The Kier molecular flexibility index (Phi) is 3.44. The van der Waals surface area contributed by atoms with Gasteiger partial charge in [-0.25, -0.2) is 0 Å². The second-order valence-corrected chi connectivity index (χ2v) is 2.78. The monoisotopic (exact) mass is 198 g/mol. The van der Waals surface area contributed by atoms with Gasteiger partial charge in [-0.05, 0) is 13.8 Å². The highest BCUT2D eigenvalue weighted by molar-refractivity contribution is 5.69. The molecule has 14 heavy (non-hydrogen) atoms. The lowest BCUT2D eigenvalue weighted by molar-refractivity contribution is -0.136. The van der Waals surface area contributed by atoms with E-state index in [2.05, 4.69) is 15.5 Å². The molecule has 0 saturated heterocycles. The average molecular weight is 198 g/mol. The summed E-state index contributed by atoms with van der Waals surface area (Å²) in [6.07, 6.45) is -0.0910. The average Bonchev–Trinajstić information content (AvgIpc) is 2.47. The standard InChI is InChI=1S/C8H14N4O2/c1-3-9-8-11-10-6(5-7(13)14)12(8)4-2/h3-5H2,1-2H3,(H,9,11)(H,13,14). The molecule has 1 heterocycles. The third kappa shape index (κ3) is 2.21. The maximum absolute atomic E-state index is 10.5. The lowest BCUT2D eigenvalue weighted by Gasteiger charge is -2.06. The first-order chi connectivity index (χ1) is 6.69. The molecule has 2 N–H and O–H groups in total. The van der Waals surface area contributed by atoms with E-state index in [0.717, 1.165) is 6.54 Å². The van der Waals surface area contributed by atoms with Crippen LogP contribution in [0.4, 0.5) is 5.95 Å². The predicted molar refractivity (Wildman–Crippen MR) is 51.2 cm³/mol. The third-order valence-electron chi connectivity index (χ3n) is 1.79. The Morgan fingerprint density at radius 3 is 2.71 bits per heavy atom. The Morgan fingerprint density at radius 2 is 2.21 bits per heavy atom. The van der Waals surface area contributed by atoms with E-state index in [1.54, 1.807) is 4.57 Å². The zero-order chi connectivity index (χ0) is 10.6. The summed E-state index contributed by atoms with van der Waals surface area (Å²) in [5, 5.41) is 19.3. The number of rotatable bonds is 5. The minimum absolute atomic E-state index is 0.0910. The molecule has 1 aromatic rings. The maximum Gasteiger partial charge on any atom is 0.311 e. The van der Waals surface area contributed by atoms with Crippen molar-refractivity contribution in [2.24, 2.45) is 0 Å². The maximum atomic E-state index is 10.5. The molecule has 6 nitrogen and oxygen atoms in total. The van der Waals surface area contributed by atoms with Gasteiger partial charge >= 0.3 is 5.97 Å². The predicted octanol–water partition coefficient (Wildman–Crippen LogP) is 0.357. The number of carboxylic acid groups (broad SMARTS) is 1. The molecular formula is C8H14N4O2. The van der Waals surface area contributed by atoms with Crippen LogP contribution < -0.4 is 5.32 Å². The first kappa shape index (κ1) is 10.5. The van der Waals surface area contributed by atoms with Crippen molar-refractivity contribution in [2.75, 3.05) is 11.9 Å². The molecule has 0 unspecified atom stereocenters. The molecular weight excluding hydrogens is 184 g/mol. The van der Waals surface area contributed by atoms with E-state index in [1.165, 1.54) is 0 Å². The number of carboxylic acids is 1. The number of nitrogens with one attached hydrogen (secondary N) is 1. The molecule has 0 spiro atoms. The smallest absolute Gasteiger partial charge is 0.311 e. The first-order valence-corrected chi connectivity index (χ1v) is 4.56. The molecule has 0 aliphatic carbocycles. The van der Waals surface area contributed by atoms with Crippen LogP contribution in [-0.4, -0.2) is 32.4 Å². The molecule has 0 aliphatic rings. The van der Waals surface area contributed by atoms with Crippen LogP contribution in [0.15, 0.2) is 0 Å². The summed E-state index contributed by atoms with van der Waals surface area (Å²) < 4.78 is 1.76. The fraction of sp³-hybridized carbons (Fsp3) is 0.625. The minimum atomic E-state index is -0.893. The second-order valence-electron chi connectivity index (χ2n) is 2.78. The molecule has 0 fully saturated rings. The summed E-state index contributed by atoms with van der Waals surface area (Å²) in [5.41, 5.74) is 0. The quantitative estimate of drug-likeness (QED) is 0.714. The lowest BCUT2D eigenvalue weighted by atomic mass is 10.4. The van der Waals surface area contributed by atoms with Gasteiger partial charge in [0.15, 0.2) is 0 Å². The summed E-state index contributed by atoms with van der Waals surface area (Å²) in [6, 6.07) is 0. The molecule has 0 aromatic carbocycles. The van der Waals surface area contributed by atoms with E-state index >= 15 is 0 Å². The highest BCUT2D eigenvalue weighted by atomic mass is 16.4. The van der Waals surface area contributed by atoms with Gasteiger partial charge in [-0.1, -0.05) is 0 Å². The number of carbonyl (C=O) groups is 1. The van der Waals surface area contributed by atoms with Crippen molar-refractivity contribution < 1.29 is 9.90 Å². The van der Waals surface area contributed by atoms with Gasteiger partial charge in [0.1, 0.15) is 12.2 Å². The van der Waals surface area contributed by atoms with Crippen LogP contribution in [0, 0.1) is 0 Å². The zero-order valence-corrected chi connectivity index (χ0v) is 8.32. The van der Waals surface area contributed by atoms with E-state index in [4.69, 9.17) is 5.11 Å². The van der Waals surface area contributed by atoms with Crippen molar-refractivity contribution in [2.45, 2.75) is 26.8 Å². The molecule has 0 atom stereocenters. The van der Waals surface area contributed by atoms with Gasteiger partial charge in [-0.2, -0.15) is 0 Å². The van der Waals surface area contributed by atoms with Crippen molar-refractivity contribution in [3.05, 3.63) is 5.82 Å². The molecule has 0 saturated carbocycles. The summed E-state index contributed by atoms with van der Waals surface area (Å²) in [5.74, 6) is 0.220. The number of hydrogen-bond donors (Lipinski definition) is 2. The van der Waals surface area contributed by atoms with E-state index in [1.807, 2.05) is 13.8 Å². The Bertz CT molecular complexity index is 321. The summed E-state index contributed by atoms with van der Waals surface area (Å²) in [7, 11) is 0. The molecule has 0 amide bonds. The van der Waals surface area contributed by atoms with Gasteiger partial charge in [0, 0.05) is 13.1 Å². The zero-order valence-electron chi connectivity index (χ0n) is 8.32. The van der Waals surface area contributed by atoms with Crippen molar-refractivity contribution >= 4 is 11.9 Å². The van der Waals surface area contributed by atoms with Crippen LogP contribution in [0.5, 0.6) is 0 Å². The topological polar surface area (TPSA) is 80.0 Å². The van der Waals surface area contributed by atoms with Crippen molar-refractivity contribution in [1.82, 2.24) is 14.8 Å². The van der Waals surface area contributed by atoms with Gasteiger partial charge in [0.25, 0.3) is 0 Å². The normalized spacial score (nSPS) is 10.1. The van der Waals surface area contributed by atoms with Crippen LogP contribution in [0.2, 0.25) is 0 Å². The van der Waals surface area contributed by atoms with Crippen LogP contribution in [-0.2, 0) is 17.8 Å². The van der Waals surface area contributed by atoms with Gasteiger partial charge in [-0.3, -0.25) is 9.36 Å². The van der Waals surface area contributed by atoms with Gasteiger partial charge < -0.3 is 10.4 Å². The molecule has 6 heteroatoms. The van der Waals surface area contributed by atoms with E-state index in [9.17, 15) is 4.79 Å². The molecule has 1 rings (SSSR count). The van der Waals surface area contributed by atoms with Crippen LogP contribution in [0.3, 0.4) is 0 Å². The van der Waals surface area contributed by atoms with E-state index < -0.39 is 5.97 Å². The number of anilines is 1. The van der Waals surface area contributed by atoms with Gasteiger partial charge in [0.2, 0.25) is 5.95 Å². The molecule has 1 aromatic heterocycles. The number of hydrogen-bond acceptors (Lipinski definition) is 4. The van der Waals surface area contributed by atoms with E-state index in [0.29, 0.717) is 18.3 Å². The van der Waals surface area contributed by atoms with Crippen LogP contribution in [0.25, 0.3) is 0 Å². The Morgan fingerprint density at radius 1 is 1.50 bits per heavy atom. The fourth-order valence-corrected chi connectivity index (χ4v) is 1.22. The number of aliphatic carboxylic acids is 1. The molecule has 0 radical (unpaired) electrons. The summed E-state index contributed by atoms with van der Waals surface area (Å²) in [6.45, 7) is 5.28. The second kappa shape index (κ2) is 4.59. The SMILES string of the molecule is CCNc1nnc(CC(=O)O)n1CC. The highest BCUT2D eigenvalue weighted by Gasteiger charge is 2.12. The Balaban J connectivity index is 2.88. The van der Waals surface area contributed by atoms with Crippen LogP contribution >= 0.6 is 0 Å². The summed E-state index contributed by atoms with van der Waals surface area (Å²) >= 11 is 0. The molecule has 78 valence electrons. The first-order valence-electron chi connectivity index (χ1n) is 4.56. The Labute approximate surface area is 82.0 Å². The van der Waals surface area contributed by atoms with Crippen molar-refractivity contribution in [3.63, 3.8) is 0 Å². The largest absolute Gasteiger partial charge is 0.481 e. The molecule has 0 aliphatic heterocycles. The highest BCUT2D eigenvalue weighted by Crippen LogP contribution is 2.07. The third-order valence-corrected chi connectivity index (χ3v) is 1.79. The molecule has 0 bridgehead atoms. The fourth-order valence-electron chi connectivity index (χ4n) is 1.22.